The molecule has 0 bridgehead atoms. The molecule has 1 unspecified atom stereocenters. The second-order valence-electron chi connectivity index (χ2n) is 8.90. The van der Waals surface area contributed by atoms with Crippen LogP contribution in [0.3, 0.4) is 0 Å². The number of amides is 1. The van der Waals surface area contributed by atoms with Crippen molar-refractivity contribution in [2.75, 3.05) is 25.1 Å². The van der Waals surface area contributed by atoms with Crippen LogP contribution in [0.1, 0.15) is 28.8 Å². The van der Waals surface area contributed by atoms with Crippen molar-refractivity contribution in [2.24, 2.45) is 0 Å². The first kappa shape index (κ1) is 25.8. The summed E-state index contributed by atoms with van der Waals surface area (Å²) in [5.74, 6) is -0.282. The third kappa shape index (κ3) is 5.56. The van der Waals surface area contributed by atoms with Crippen LogP contribution in [0, 0.1) is 0 Å². The van der Waals surface area contributed by atoms with Crippen molar-refractivity contribution >= 4 is 54.2 Å². The van der Waals surface area contributed by atoms with Gasteiger partial charge >= 0.3 is 0 Å². The van der Waals surface area contributed by atoms with Gasteiger partial charge in [-0.15, -0.1) is 0 Å². The van der Waals surface area contributed by atoms with E-state index in [-0.39, 0.29) is 16.9 Å². The predicted molar refractivity (Wildman–Crippen MR) is 147 cm³/mol. The van der Waals surface area contributed by atoms with Crippen LogP contribution in [0.25, 0.3) is 10.2 Å². The zero-order valence-electron chi connectivity index (χ0n) is 20.2. The molecule has 3 aromatic carbocycles. The molecule has 2 heterocycles. The molecule has 1 aliphatic heterocycles. The highest BCUT2D eigenvalue weighted by Crippen LogP contribution is 2.34. The fourth-order valence-electron chi connectivity index (χ4n) is 4.29. The Morgan fingerprint density at radius 1 is 1.08 bits per heavy atom. The zero-order valence-corrected chi connectivity index (χ0v) is 22.6. The molecule has 0 radical (unpaired) electrons. The van der Waals surface area contributed by atoms with Gasteiger partial charge < -0.3 is 4.74 Å². The van der Waals surface area contributed by atoms with E-state index in [4.69, 9.17) is 16.3 Å². The van der Waals surface area contributed by atoms with E-state index in [2.05, 4.69) is 4.98 Å². The Morgan fingerprint density at radius 3 is 2.51 bits per heavy atom. The minimum Gasteiger partial charge on any atom is -0.377 e. The number of halogens is 1. The van der Waals surface area contributed by atoms with Crippen LogP contribution in [-0.4, -0.2) is 49.9 Å². The Morgan fingerprint density at radius 2 is 1.84 bits per heavy atom. The number of sulfonamides is 1. The van der Waals surface area contributed by atoms with Gasteiger partial charge in [-0.05, 0) is 54.8 Å². The summed E-state index contributed by atoms with van der Waals surface area (Å²) in [6.07, 6.45) is 1.70. The van der Waals surface area contributed by atoms with E-state index in [0.717, 1.165) is 23.1 Å². The van der Waals surface area contributed by atoms with Crippen molar-refractivity contribution < 1.29 is 17.9 Å². The molecule has 4 aromatic rings. The van der Waals surface area contributed by atoms with Crippen molar-refractivity contribution in [1.82, 2.24) is 9.29 Å². The minimum atomic E-state index is -3.71. The average molecular weight is 556 g/mol. The van der Waals surface area contributed by atoms with Crippen molar-refractivity contribution in [1.29, 1.82) is 0 Å². The third-order valence-electron chi connectivity index (χ3n) is 6.31. The number of likely N-dealkylation sites (N-methyl/N-ethyl adjacent to an activating group) is 1. The molecule has 1 atom stereocenters. The van der Waals surface area contributed by atoms with Crippen LogP contribution < -0.4 is 4.90 Å². The van der Waals surface area contributed by atoms with Gasteiger partial charge in [0.25, 0.3) is 5.91 Å². The maximum absolute atomic E-state index is 13.7. The molecule has 0 spiro atoms. The molecule has 192 valence electrons. The first-order valence-electron chi connectivity index (χ1n) is 11.9. The number of carbonyl (C=O) groups excluding carboxylic acids is 1. The van der Waals surface area contributed by atoms with Crippen LogP contribution in [-0.2, 0) is 21.3 Å². The van der Waals surface area contributed by atoms with Gasteiger partial charge in [0, 0.05) is 25.8 Å². The third-order valence-corrected chi connectivity index (χ3v) is 9.50. The Balaban J connectivity index is 1.43. The van der Waals surface area contributed by atoms with E-state index < -0.39 is 10.0 Å². The predicted octanol–water partition coefficient (Wildman–Crippen LogP) is 5.60. The van der Waals surface area contributed by atoms with Crippen LogP contribution in [0.4, 0.5) is 5.13 Å². The maximum atomic E-state index is 13.7. The summed E-state index contributed by atoms with van der Waals surface area (Å²) in [5, 5.41) is 1.04. The largest absolute Gasteiger partial charge is 0.377 e. The summed E-state index contributed by atoms with van der Waals surface area (Å²) in [7, 11) is -2.16. The van der Waals surface area contributed by atoms with E-state index in [1.807, 2.05) is 42.5 Å². The molecule has 1 fully saturated rings. The number of anilines is 1. The van der Waals surface area contributed by atoms with Crippen molar-refractivity contribution in [3.05, 3.63) is 88.9 Å². The maximum Gasteiger partial charge on any atom is 0.260 e. The molecule has 1 saturated heterocycles. The molecule has 5 rings (SSSR count). The number of thiazole rings is 1. The first-order valence-corrected chi connectivity index (χ1v) is 14.6. The number of rotatable bonds is 8. The molecule has 1 aromatic heterocycles. The number of ether oxygens (including phenoxy) is 1. The second kappa shape index (κ2) is 10.9. The number of carbonyl (C=O) groups is 1. The van der Waals surface area contributed by atoms with Crippen LogP contribution in [0.5, 0.6) is 0 Å². The van der Waals surface area contributed by atoms with Gasteiger partial charge in [-0.1, -0.05) is 59.3 Å². The fraction of sp³-hybridized carbons (Fsp3) is 0.259. The number of aromatic nitrogens is 1. The summed E-state index contributed by atoms with van der Waals surface area (Å²) in [6, 6.07) is 21.2. The molecule has 0 N–H and O–H groups in total. The van der Waals surface area contributed by atoms with E-state index in [9.17, 15) is 13.2 Å². The van der Waals surface area contributed by atoms with E-state index in [0.29, 0.717) is 40.9 Å². The average Bonchev–Trinajstić information content (AvgIpc) is 3.58. The fourth-order valence-corrected chi connectivity index (χ4v) is 6.75. The van der Waals surface area contributed by atoms with Gasteiger partial charge in [-0.2, -0.15) is 4.31 Å². The summed E-state index contributed by atoms with van der Waals surface area (Å²) in [5.41, 5.74) is 1.95. The highest BCUT2D eigenvalue weighted by molar-refractivity contribution is 7.89. The lowest BCUT2D eigenvalue weighted by atomic mass is 10.1. The van der Waals surface area contributed by atoms with Gasteiger partial charge in [-0.25, -0.2) is 13.4 Å². The Kier molecular flexibility index (Phi) is 7.60. The van der Waals surface area contributed by atoms with Crippen molar-refractivity contribution in [2.45, 2.75) is 30.4 Å². The second-order valence-corrected chi connectivity index (χ2v) is 12.4. The molecule has 10 heteroatoms. The van der Waals surface area contributed by atoms with Gasteiger partial charge in [-0.3, -0.25) is 9.69 Å². The van der Waals surface area contributed by atoms with Crippen LogP contribution in [0.2, 0.25) is 5.02 Å². The van der Waals surface area contributed by atoms with E-state index in [1.54, 1.807) is 30.1 Å². The Labute approximate surface area is 225 Å². The Bertz CT molecular complexity index is 1500. The summed E-state index contributed by atoms with van der Waals surface area (Å²) < 4.78 is 33.9. The number of nitrogens with zero attached hydrogens (tertiary/aromatic N) is 3. The normalized spacial score (nSPS) is 15.9. The summed E-state index contributed by atoms with van der Waals surface area (Å²) in [4.78, 5) is 20.1. The monoisotopic (exact) mass is 555 g/mol. The van der Waals surface area contributed by atoms with Crippen LogP contribution >= 0.6 is 22.9 Å². The number of hydrogen-bond donors (Lipinski definition) is 0. The summed E-state index contributed by atoms with van der Waals surface area (Å²) in [6.45, 7) is 1.27. The highest BCUT2D eigenvalue weighted by atomic mass is 35.5. The molecular formula is C27H26ClN3O4S2. The lowest BCUT2D eigenvalue weighted by molar-refractivity contribution is 0.0978. The van der Waals surface area contributed by atoms with Crippen molar-refractivity contribution in [3.63, 3.8) is 0 Å². The summed E-state index contributed by atoms with van der Waals surface area (Å²) >= 11 is 7.73. The number of para-hydroxylation sites is 1. The lowest BCUT2D eigenvalue weighted by Crippen LogP contribution is -2.34. The van der Waals surface area contributed by atoms with Gasteiger partial charge in [0.05, 0.1) is 27.3 Å². The molecular weight excluding hydrogens is 530 g/mol. The molecule has 7 nitrogen and oxygen atoms in total. The van der Waals surface area contributed by atoms with Gasteiger partial charge in [0.15, 0.2) is 5.13 Å². The Hall–Kier alpha value is -2.82. The smallest absolute Gasteiger partial charge is 0.260 e. The lowest BCUT2D eigenvalue weighted by Gasteiger charge is -2.22. The van der Waals surface area contributed by atoms with E-state index in [1.165, 1.54) is 27.8 Å². The SMILES string of the molecule is CN(CC1CCCO1)S(=O)(=O)c1ccc(C(=O)N(Cc2ccccc2)c2nc3c(Cl)cccc3s2)cc1. The molecule has 0 saturated carbocycles. The zero-order chi connectivity index (χ0) is 26.0. The highest BCUT2D eigenvalue weighted by Gasteiger charge is 2.27. The van der Waals surface area contributed by atoms with Crippen molar-refractivity contribution in [3.8, 4) is 0 Å². The first-order chi connectivity index (χ1) is 17.8. The minimum absolute atomic E-state index is 0.0884. The number of hydrogen-bond acceptors (Lipinski definition) is 6. The van der Waals surface area contributed by atoms with E-state index >= 15 is 0 Å². The molecule has 0 aliphatic carbocycles. The quantitative estimate of drug-likeness (QED) is 0.283. The van der Waals surface area contributed by atoms with Gasteiger partial charge in [0.2, 0.25) is 10.0 Å². The standard InChI is InChI=1S/C27H26ClN3O4S2/c1-30(18-21-9-6-16-35-21)37(33,34)22-14-12-20(13-15-22)26(32)31(17-19-7-3-2-4-8-19)27-29-25-23(28)10-5-11-24(25)36-27/h2-5,7-8,10-15,21H,6,9,16-18H2,1H3. The molecule has 1 aliphatic rings. The van der Waals surface area contributed by atoms with Crippen LogP contribution in [0.15, 0.2) is 77.7 Å². The van der Waals surface area contributed by atoms with Gasteiger partial charge in [0.1, 0.15) is 5.52 Å². The topological polar surface area (TPSA) is 79.8 Å². The number of fused-ring (bicyclic) bond motifs is 1. The molecule has 37 heavy (non-hydrogen) atoms. The number of benzene rings is 3. The molecule has 1 amide bonds.